The molecule has 4 rings (SSSR count). The van der Waals surface area contributed by atoms with Crippen molar-refractivity contribution in [3.8, 4) is 0 Å². The van der Waals surface area contributed by atoms with Crippen LogP contribution in [0.15, 0.2) is 53.4 Å². The van der Waals surface area contributed by atoms with Gasteiger partial charge in [0, 0.05) is 29.2 Å². The van der Waals surface area contributed by atoms with Gasteiger partial charge < -0.3 is 15.3 Å². The first-order valence-electron chi connectivity index (χ1n) is 13.4. The average molecular weight is 594 g/mol. The molecule has 0 bridgehead atoms. The molecule has 224 valence electrons. The summed E-state index contributed by atoms with van der Waals surface area (Å²) in [7, 11) is 0. The van der Waals surface area contributed by atoms with E-state index in [0.29, 0.717) is 36.2 Å². The first kappa shape index (κ1) is 32.3. The zero-order chi connectivity index (χ0) is 29.1. The van der Waals surface area contributed by atoms with Crippen LogP contribution < -0.4 is 10.2 Å². The molecule has 2 aromatic rings. The van der Waals surface area contributed by atoms with Crippen molar-refractivity contribution in [1.82, 2.24) is 10.2 Å². The Labute approximate surface area is 243 Å². The number of nitrogens with zero attached hydrogens (tertiary/aromatic N) is 2. The van der Waals surface area contributed by atoms with Gasteiger partial charge in [0.1, 0.15) is 0 Å². The highest BCUT2D eigenvalue weighted by molar-refractivity contribution is 8.00. The van der Waals surface area contributed by atoms with E-state index in [2.05, 4.69) is 19.2 Å². The number of carbonyl (C=O) groups is 3. The molecule has 1 saturated heterocycles. The Kier molecular flexibility index (Phi) is 10.4. The Bertz CT molecular complexity index is 1230. The van der Waals surface area contributed by atoms with Crippen LogP contribution in [0.25, 0.3) is 0 Å². The molecule has 0 radical (unpaired) electrons. The van der Waals surface area contributed by atoms with E-state index in [1.165, 1.54) is 12.1 Å². The van der Waals surface area contributed by atoms with Crippen molar-refractivity contribution in [2.45, 2.75) is 75.9 Å². The number of amides is 3. The molecule has 1 aliphatic heterocycles. The minimum Gasteiger partial charge on any atom is -0.481 e. The molecule has 3 amide bonds. The van der Waals surface area contributed by atoms with Crippen molar-refractivity contribution in [3.05, 3.63) is 59.7 Å². The zero-order valence-corrected chi connectivity index (χ0v) is 23.4. The van der Waals surface area contributed by atoms with Crippen molar-refractivity contribution in [2.24, 2.45) is 11.8 Å². The molecule has 2 aromatic carbocycles. The van der Waals surface area contributed by atoms with E-state index >= 15 is 0 Å². The average Bonchev–Trinajstić information content (AvgIpc) is 3.14. The van der Waals surface area contributed by atoms with Gasteiger partial charge in [0.25, 0.3) is 5.91 Å². The lowest BCUT2D eigenvalue weighted by Crippen LogP contribution is -2.49. The van der Waals surface area contributed by atoms with Crippen LogP contribution in [0.3, 0.4) is 0 Å². The lowest BCUT2D eigenvalue weighted by molar-refractivity contribution is -0.136. The fraction of sp³-hybridized carbons (Fsp3) is 0.500. The number of carbonyl (C=O) groups excluding carboxylic acids is 2. The Balaban J connectivity index is 0.00000462. The van der Waals surface area contributed by atoms with Gasteiger partial charge in [0.05, 0.1) is 18.5 Å². The normalized spacial score (nSPS) is 20.8. The third-order valence-electron chi connectivity index (χ3n) is 7.93. The maximum atomic E-state index is 13.9. The van der Waals surface area contributed by atoms with Crippen LogP contribution in [0.1, 0.15) is 69.3 Å². The van der Waals surface area contributed by atoms with Crippen LogP contribution in [0, 0.1) is 11.8 Å². The Morgan fingerprint density at radius 1 is 1.12 bits per heavy atom. The standard InChI is InChI=1S/C29H34F3N3O4S.CH4/c1-19(2)21-10-13-28(14-11-21)18-34(23-4-3-5-24(16-23)40-29(30,31)32)27(39)35(28)17-20-6-8-22(9-7-20)26(38)33-15-12-25(36)37;/h3-9,16,19,21H,10-15,17-18H2,1-2H3,(H,33,38)(H,36,37);1H4. The molecule has 41 heavy (non-hydrogen) atoms. The van der Waals surface area contributed by atoms with Gasteiger partial charge >= 0.3 is 17.5 Å². The van der Waals surface area contributed by atoms with Crippen LogP contribution >= 0.6 is 11.8 Å². The molecular weight excluding hydrogens is 555 g/mol. The van der Waals surface area contributed by atoms with E-state index in [1.54, 1.807) is 41.3 Å². The van der Waals surface area contributed by atoms with E-state index in [9.17, 15) is 27.6 Å². The van der Waals surface area contributed by atoms with Crippen LogP contribution in [0.2, 0.25) is 0 Å². The second-order valence-corrected chi connectivity index (χ2v) is 12.0. The second kappa shape index (κ2) is 13.2. The third kappa shape index (κ3) is 7.96. The molecule has 0 aromatic heterocycles. The van der Waals surface area contributed by atoms with Gasteiger partial charge in [-0.1, -0.05) is 39.5 Å². The summed E-state index contributed by atoms with van der Waals surface area (Å²) >= 11 is -0.195. The van der Waals surface area contributed by atoms with Gasteiger partial charge in [-0.3, -0.25) is 14.5 Å². The molecular formula is C30H38F3N3O4S. The Morgan fingerprint density at radius 3 is 2.37 bits per heavy atom. The molecule has 0 atom stereocenters. The lowest BCUT2D eigenvalue weighted by atomic mass is 9.72. The van der Waals surface area contributed by atoms with Crippen molar-refractivity contribution in [2.75, 3.05) is 18.0 Å². The maximum Gasteiger partial charge on any atom is 0.446 e. The molecule has 2 aliphatic rings. The summed E-state index contributed by atoms with van der Waals surface area (Å²) in [6.45, 7) is 5.14. The number of rotatable bonds is 9. The molecule has 1 aliphatic carbocycles. The monoisotopic (exact) mass is 593 g/mol. The van der Waals surface area contributed by atoms with Gasteiger partial charge in [-0.25, -0.2) is 4.79 Å². The van der Waals surface area contributed by atoms with Crippen molar-refractivity contribution in [3.63, 3.8) is 0 Å². The summed E-state index contributed by atoms with van der Waals surface area (Å²) in [5.74, 6) is -0.287. The number of thioether (sulfide) groups is 1. The van der Waals surface area contributed by atoms with Crippen LogP contribution in [0.4, 0.5) is 23.7 Å². The number of hydrogen-bond acceptors (Lipinski definition) is 4. The Hall–Kier alpha value is -3.21. The van der Waals surface area contributed by atoms with Gasteiger partial charge in [-0.05, 0) is 85.2 Å². The highest BCUT2D eigenvalue weighted by atomic mass is 32.2. The zero-order valence-electron chi connectivity index (χ0n) is 22.5. The number of nitrogens with one attached hydrogen (secondary N) is 1. The largest absolute Gasteiger partial charge is 0.481 e. The predicted octanol–water partition coefficient (Wildman–Crippen LogP) is 7.17. The van der Waals surface area contributed by atoms with E-state index in [0.717, 1.165) is 31.2 Å². The third-order valence-corrected chi connectivity index (χ3v) is 8.66. The van der Waals surface area contributed by atoms with Gasteiger partial charge in [0.15, 0.2) is 0 Å². The molecule has 7 nitrogen and oxygen atoms in total. The number of alkyl halides is 3. The van der Waals surface area contributed by atoms with E-state index in [4.69, 9.17) is 5.11 Å². The van der Waals surface area contributed by atoms with Crippen molar-refractivity contribution in [1.29, 1.82) is 0 Å². The van der Waals surface area contributed by atoms with Crippen molar-refractivity contribution >= 4 is 35.4 Å². The topological polar surface area (TPSA) is 90.0 Å². The fourth-order valence-electron chi connectivity index (χ4n) is 5.68. The molecule has 1 spiro atoms. The number of urea groups is 1. The fourth-order valence-corrected chi connectivity index (χ4v) is 6.28. The first-order chi connectivity index (χ1) is 18.9. The molecule has 11 heteroatoms. The Morgan fingerprint density at radius 2 is 1.78 bits per heavy atom. The number of hydrogen-bond donors (Lipinski definition) is 2. The van der Waals surface area contributed by atoms with E-state index in [1.807, 2.05) is 4.90 Å². The van der Waals surface area contributed by atoms with Gasteiger partial charge in [0.2, 0.25) is 0 Å². The summed E-state index contributed by atoms with van der Waals surface area (Å²) < 4.78 is 39.0. The highest BCUT2D eigenvalue weighted by Gasteiger charge is 2.51. The molecule has 0 unspecified atom stereocenters. The number of carboxylic acid groups (broad SMARTS) is 1. The predicted molar refractivity (Wildman–Crippen MR) is 154 cm³/mol. The van der Waals surface area contributed by atoms with E-state index < -0.39 is 17.0 Å². The van der Waals surface area contributed by atoms with Crippen LogP contribution in [-0.2, 0) is 11.3 Å². The number of anilines is 1. The molecule has 2 fully saturated rings. The summed E-state index contributed by atoms with van der Waals surface area (Å²) in [5, 5.41) is 11.3. The lowest BCUT2D eigenvalue weighted by Gasteiger charge is -2.43. The number of halogens is 3. The minimum atomic E-state index is -4.42. The SMILES string of the molecule is C.CC(C)C1CCC2(CC1)CN(c1cccc(SC(F)(F)F)c1)C(=O)N2Cc1ccc(C(=O)NCCC(=O)O)cc1. The maximum absolute atomic E-state index is 13.9. The summed E-state index contributed by atoms with van der Waals surface area (Å²) in [6.07, 6.45) is 3.37. The molecule has 1 saturated carbocycles. The molecule has 2 N–H and O–H groups in total. The second-order valence-electron chi connectivity index (χ2n) is 10.9. The quantitative estimate of drug-likeness (QED) is 0.301. The smallest absolute Gasteiger partial charge is 0.446 e. The number of carboxylic acids is 1. The highest BCUT2D eigenvalue weighted by Crippen LogP contribution is 2.46. The molecule has 1 heterocycles. The van der Waals surface area contributed by atoms with Crippen molar-refractivity contribution < 1.29 is 32.7 Å². The number of aliphatic carboxylic acids is 1. The van der Waals surface area contributed by atoms with Gasteiger partial charge in [-0.2, -0.15) is 13.2 Å². The van der Waals surface area contributed by atoms with Crippen LogP contribution in [-0.4, -0.2) is 52.1 Å². The summed E-state index contributed by atoms with van der Waals surface area (Å²) in [4.78, 5) is 40.4. The summed E-state index contributed by atoms with van der Waals surface area (Å²) in [6, 6.07) is 12.6. The van der Waals surface area contributed by atoms with Crippen LogP contribution in [0.5, 0.6) is 0 Å². The minimum absolute atomic E-state index is 0. The van der Waals surface area contributed by atoms with E-state index in [-0.39, 0.29) is 49.0 Å². The van der Waals surface area contributed by atoms with Gasteiger partial charge in [-0.15, -0.1) is 0 Å². The summed E-state index contributed by atoms with van der Waals surface area (Å²) in [5.41, 5.74) is -3.21. The number of benzene rings is 2. The first-order valence-corrected chi connectivity index (χ1v) is 14.2.